The van der Waals surface area contributed by atoms with Crippen molar-refractivity contribution in [3.63, 3.8) is 0 Å². The van der Waals surface area contributed by atoms with Crippen LogP contribution in [0.5, 0.6) is 0 Å². The van der Waals surface area contributed by atoms with Crippen molar-refractivity contribution in [2.24, 2.45) is 5.14 Å². The Kier molecular flexibility index (Phi) is 4.81. The molecule has 0 radical (unpaired) electrons. The number of nitro groups is 1. The quantitative estimate of drug-likeness (QED) is 0.522. The molecule has 0 saturated heterocycles. The van der Waals surface area contributed by atoms with Crippen molar-refractivity contribution in [3.05, 3.63) is 28.3 Å². The van der Waals surface area contributed by atoms with E-state index in [2.05, 4.69) is 0 Å². The zero-order chi connectivity index (χ0) is 15.6. The summed E-state index contributed by atoms with van der Waals surface area (Å²) in [4.78, 5) is 8.72. The van der Waals surface area contributed by atoms with Crippen LogP contribution in [0.15, 0.2) is 28.0 Å². The molecule has 112 valence electrons. The van der Waals surface area contributed by atoms with Gasteiger partial charge < -0.3 is 5.11 Å². The predicted molar refractivity (Wildman–Crippen MR) is 68.2 cm³/mol. The largest absolute Gasteiger partial charge is 0.396 e. The molecule has 0 amide bonds. The van der Waals surface area contributed by atoms with Gasteiger partial charge in [0.15, 0.2) is 9.84 Å². The monoisotopic (exact) mass is 324 g/mol. The number of benzene rings is 1. The molecule has 0 aliphatic heterocycles. The van der Waals surface area contributed by atoms with Crippen molar-refractivity contribution < 1.29 is 26.9 Å². The van der Waals surface area contributed by atoms with Gasteiger partial charge >= 0.3 is 0 Å². The molecule has 9 nitrogen and oxygen atoms in total. The maximum atomic E-state index is 11.9. The van der Waals surface area contributed by atoms with Crippen LogP contribution in [0.3, 0.4) is 0 Å². The average molecular weight is 324 g/mol. The summed E-state index contributed by atoms with van der Waals surface area (Å²) in [6.45, 7) is -0.387. The number of nitro benzene ring substituents is 1. The van der Waals surface area contributed by atoms with Crippen LogP contribution < -0.4 is 5.14 Å². The third-order valence-corrected chi connectivity index (χ3v) is 5.11. The topological polar surface area (TPSA) is 158 Å². The molecule has 1 aromatic rings. The molecule has 20 heavy (non-hydrogen) atoms. The number of rotatable bonds is 6. The lowest BCUT2D eigenvalue weighted by molar-refractivity contribution is -0.388. The Morgan fingerprint density at radius 3 is 2.30 bits per heavy atom. The maximum absolute atomic E-state index is 11.9. The molecule has 0 aromatic heterocycles. The van der Waals surface area contributed by atoms with E-state index >= 15 is 0 Å². The van der Waals surface area contributed by atoms with Crippen molar-refractivity contribution >= 4 is 25.5 Å². The molecule has 3 N–H and O–H groups in total. The van der Waals surface area contributed by atoms with Gasteiger partial charge in [-0.1, -0.05) is 0 Å². The van der Waals surface area contributed by atoms with E-state index in [1.54, 1.807) is 0 Å². The van der Waals surface area contributed by atoms with Gasteiger partial charge in [0.05, 0.1) is 15.6 Å². The minimum absolute atomic E-state index is 0.0869. The van der Waals surface area contributed by atoms with Crippen molar-refractivity contribution in [1.82, 2.24) is 0 Å². The second kappa shape index (κ2) is 5.83. The number of sulfonamides is 1. The Morgan fingerprint density at radius 2 is 1.85 bits per heavy atom. The van der Waals surface area contributed by atoms with Gasteiger partial charge in [-0.15, -0.1) is 0 Å². The van der Waals surface area contributed by atoms with E-state index in [9.17, 15) is 26.9 Å². The SMILES string of the molecule is NS(=O)(=O)c1ccc(S(=O)(=O)CCCO)c([N+](=O)[O-])c1. The van der Waals surface area contributed by atoms with Crippen LogP contribution in [0.1, 0.15) is 6.42 Å². The number of nitrogens with two attached hydrogens (primary N) is 1. The van der Waals surface area contributed by atoms with E-state index in [0.717, 1.165) is 12.1 Å². The molecule has 0 fully saturated rings. The van der Waals surface area contributed by atoms with Crippen molar-refractivity contribution in [2.75, 3.05) is 12.4 Å². The first-order valence-corrected chi connectivity index (χ1v) is 8.44. The molecule has 0 atom stereocenters. The van der Waals surface area contributed by atoms with Gasteiger partial charge in [0.2, 0.25) is 10.0 Å². The number of aliphatic hydroxyl groups excluding tert-OH is 1. The van der Waals surface area contributed by atoms with Crippen LogP contribution in [-0.2, 0) is 19.9 Å². The summed E-state index contributed by atoms with van der Waals surface area (Å²) < 4.78 is 46.0. The highest BCUT2D eigenvalue weighted by Gasteiger charge is 2.27. The van der Waals surface area contributed by atoms with Crippen LogP contribution in [0.2, 0.25) is 0 Å². The summed E-state index contributed by atoms with van der Waals surface area (Å²) in [6, 6.07) is 2.31. The Bertz CT molecular complexity index is 725. The molecule has 0 aliphatic rings. The van der Waals surface area contributed by atoms with E-state index < -0.39 is 46.0 Å². The molecule has 0 heterocycles. The first-order chi connectivity index (χ1) is 9.09. The van der Waals surface area contributed by atoms with Gasteiger partial charge in [-0.3, -0.25) is 10.1 Å². The highest BCUT2D eigenvalue weighted by atomic mass is 32.2. The van der Waals surface area contributed by atoms with Gasteiger partial charge in [0, 0.05) is 12.7 Å². The van der Waals surface area contributed by atoms with E-state index in [1.807, 2.05) is 0 Å². The lowest BCUT2D eigenvalue weighted by Crippen LogP contribution is -2.15. The molecule has 0 bridgehead atoms. The molecular formula is C9H12N2O7S2. The summed E-state index contributed by atoms with van der Waals surface area (Å²) in [5.74, 6) is -0.487. The fraction of sp³-hybridized carbons (Fsp3) is 0.333. The smallest absolute Gasteiger partial charge is 0.289 e. The zero-order valence-corrected chi connectivity index (χ0v) is 11.7. The Morgan fingerprint density at radius 1 is 1.25 bits per heavy atom. The maximum Gasteiger partial charge on any atom is 0.289 e. The Balaban J connectivity index is 3.46. The van der Waals surface area contributed by atoms with E-state index in [1.165, 1.54) is 0 Å². The van der Waals surface area contributed by atoms with E-state index in [4.69, 9.17) is 10.2 Å². The number of sulfone groups is 1. The van der Waals surface area contributed by atoms with Gasteiger partial charge in [-0.2, -0.15) is 0 Å². The minimum atomic E-state index is -4.18. The third-order valence-electron chi connectivity index (χ3n) is 2.36. The molecule has 0 unspecified atom stereocenters. The summed E-state index contributed by atoms with van der Waals surface area (Å²) in [5, 5.41) is 24.3. The third kappa shape index (κ3) is 3.72. The lowest BCUT2D eigenvalue weighted by Gasteiger charge is -2.06. The van der Waals surface area contributed by atoms with Crippen molar-refractivity contribution in [2.45, 2.75) is 16.2 Å². The fourth-order valence-electron chi connectivity index (χ4n) is 1.44. The van der Waals surface area contributed by atoms with Gasteiger partial charge in [-0.05, 0) is 18.6 Å². The van der Waals surface area contributed by atoms with Crippen LogP contribution in [0.4, 0.5) is 5.69 Å². The molecule has 1 aromatic carbocycles. The second-order valence-electron chi connectivity index (χ2n) is 3.83. The number of hydrogen-bond donors (Lipinski definition) is 2. The predicted octanol–water partition coefficient (Wildman–Crippen LogP) is -0.602. The van der Waals surface area contributed by atoms with Crippen LogP contribution >= 0.6 is 0 Å². The van der Waals surface area contributed by atoms with E-state index in [-0.39, 0.29) is 13.0 Å². The second-order valence-corrected chi connectivity index (χ2v) is 7.47. The number of hydrogen-bond acceptors (Lipinski definition) is 7. The standard InChI is InChI=1S/C9H12N2O7S2/c10-20(17,18)7-2-3-9(8(6-7)11(13)14)19(15,16)5-1-4-12/h2-3,6,12H,1,4-5H2,(H2,10,17,18). The molecule has 11 heteroatoms. The van der Waals surface area contributed by atoms with Gasteiger partial charge in [-0.25, -0.2) is 22.0 Å². The zero-order valence-electron chi connectivity index (χ0n) is 10.1. The van der Waals surface area contributed by atoms with Crippen molar-refractivity contribution in [1.29, 1.82) is 0 Å². The molecular weight excluding hydrogens is 312 g/mol. The highest BCUT2D eigenvalue weighted by Crippen LogP contribution is 2.27. The van der Waals surface area contributed by atoms with Crippen LogP contribution in [0.25, 0.3) is 0 Å². The highest BCUT2D eigenvalue weighted by molar-refractivity contribution is 7.91. The summed E-state index contributed by atoms with van der Waals surface area (Å²) in [7, 11) is -8.17. The Labute approximate surface area is 115 Å². The average Bonchev–Trinajstić information content (AvgIpc) is 2.34. The number of aliphatic hydroxyl groups is 1. The molecule has 0 aliphatic carbocycles. The van der Waals surface area contributed by atoms with Crippen LogP contribution in [0, 0.1) is 10.1 Å². The molecule has 1 rings (SSSR count). The summed E-state index contributed by atoms with van der Waals surface area (Å²) >= 11 is 0. The lowest BCUT2D eigenvalue weighted by atomic mass is 10.3. The molecule has 0 spiro atoms. The Hall–Kier alpha value is -1.56. The normalized spacial score (nSPS) is 12.3. The number of nitrogens with zero attached hydrogens (tertiary/aromatic N) is 1. The first kappa shape index (κ1) is 16.5. The fourth-order valence-corrected chi connectivity index (χ4v) is 3.43. The minimum Gasteiger partial charge on any atom is -0.396 e. The summed E-state index contributed by atoms with van der Waals surface area (Å²) in [6.07, 6.45) is -0.0869. The first-order valence-electron chi connectivity index (χ1n) is 5.24. The molecule has 0 saturated carbocycles. The summed E-state index contributed by atoms with van der Waals surface area (Å²) in [5.41, 5.74) is -0.866. The van der Waals surface area contributed by atoms with E-state index in [0.29, 0.717) is 6.07 Å². The van der Waals surface area contributed by atoms with Gasteiger partial charge in [0.25, 0.3) is 5.69 Å². The van der Waals surface area contributed by atoms with Crippen LogP contribution in [-0.4, -0.2) is 39.2 Å². The van der Waals surface area contributed by atoms with Crippen molar-refractivity contribution in [3.8, 4) is 0 Å². The van der Waals surface area contributed by atoms with Gasteiger partial charge in [0.1, 0.15) is 4.90 Å². The number of primary sulfonamides is 1.